The molecule has 3 fully saturated rings. The Balaban J connectivity index is 1.20. The third kappa shape index (κ3) is 3.87. The number of alkyl halides is 3. The molecule has 4 nitrogen and oxygen atoms in total. The first kappa shape index (κ1) is 20.9. The van der Waals surface area contributed by atoms with Gasteiger partial charge < -0.3 is 14.4 Å². The summed E-state index contributed by atoms with van der Waals surface area (Å²) in [7, 11) is 0. The maximum Gasteiger partial charge on any atom is 0.422 e. The summed E-state index contributed by atoms with van der Waals surface area (Å²) < 4.78 is 61.4. The molecule has 2 unspecified atom stereocenters. The van der Waals surface area contributed by atoms with Crippen LogP contribution in [0.25, 0.3) is 0 Å². The van der Waals surface area contributed by atoms with Gasteiger partial charge in [-0.2, -0.15) is 13.2 Å². The number of carbonyl (C=O) groups excluding carboxylic acids is 1. The van der Waals surface area contributed by atoms with E-state index in [1.165, 1.54) is 6.07 Å². The van der Waals surface area contributed by atoms with Gasteiger partial charge in [0.15, 0.2) is 6.61 Å². The van der Waals surface area contributed by atoms with E-state index in [4.69, 9.17) is 4.74 Å². The summed E-state index contributed by atoms with van der Waals surface area (Å²) in [4.78, 5) is 13.8. The topological polar surface area (TPSA) is 38.8 Å². The average molecular weight is 441 g/mol. The Hall–Kier alpha value is -1.99. The van der Waals surface area contributed by atoms with E-state index in [-0.39, 0.29) is 23.3 Å². The van der Waals surface area contributed by atoms with E-state index >= 15 is 0 Å². The third-order valence-electron chi connectivity index (χ3n) is 8.01. The minimum atomic E-state index is -4.50. The highest BCUT2D eigenvalue weighted by Gasteiger charge is 2.49. The number of amides is 1. The molecular formula is C23H27F4NO3. The van der Waals surface area contributed by atoms with Crippen LogP contribution in [0.2, 0.25) is 0 Å². The first-order chi connectivity index (χ1) is 14.7. The van der Waals surface area contributed by atoms with Crippen LogP contribution in [-0.2, 0) is 10.2 Å². The molecule has 0 radical (unpaired) electrons. The van der Waals surface area contributed by atoms with E-state index in [1.54, 1.807) is 17.0 Å². The highest BCUT2D eigenvalue weighted by Crippen LogP contribution is 2.52. The van der Waals surface area contributed by atoms with Crippen LogP contribution in [-0.4, -0.2) is 42.5 Å². The van der Waals surface area contributed by atoms with Gasteiger partial charge in [-0.25, -0.2) is 9.18 Å². The Labute approximate surface area is 178 Å². The number of hydrogen-bond donors (Lipinski definition) is 0. The van der Waals surface area contributed by atoms with Crippen LogP contribution in [0.5, 0.6) is 5.75 Å². The van der Waals surface area contributed by atoms with Gasteiger partial charge in [-0.1, -0.05) is 0 Å². The first-order valence-corrected chi connectivity index (χ1v) is 11.2. The van der Waals surface area contributed by atoms with Crippen molar-refractivity contribution in [3.05, 3.63) is 29.6 Å². The molecule has 0 aromatic heterocycles. The van der Waals surface area contributed by atoms with Gasteiger partial charge in [0.25, 0.3) is 0 Å². The van der Waals surface area contributed by atoms with Crippen LogP contribution >= 0.6 is 0 Å². The lowest BCUT2D eigenvalue weighted by molar-refractivity contribution is -0.163. The van der Waals surface area contributed by atoms with Crippen molar-refractivity contribution in [2.75, 3.05) is 13.2 Å². The van der Waals surface area contributed by atoms with E-state index in [0.717, 1.165) is 62.7 Å². The Morgan fingerprint density at radius 2 is 1.77 bits per heavy atom. The SMILES string of the molecule is O=C(OCC(F)(F)F)N1C2CCC1CC(C1CCC3(CC1)COc1ccc(F)cc13)C2. The molecule has 2 bridgehead atoms. The summed E-state index contributed by atoms with van der Waals surface area (Å²) in [6, 6.07) is 4.73. The molecule has 1 saturated carbocycles. The van der Waals surface area contributed by atoms with Crippen molar-refractivity contribution in [3.63, 3.8) is 0 Å². The second kappa shape index (κ2) is 7.55. The lowest BCUT2D eigenvalue weighted by atomic mass is 9.64. The lowest BCUT2D eigenvalue weighted by Crippen LogP contribution is -2.49. The predicted molar refractivity (Wildman–Crippen MR) is 104 cm³/mol. The molecule has 3 aliphatic heterocycles. The molecule has 4 aliphatic rings. The van der Waals surface area contributed by atoms with Crippen molar-refractivity contribution in [2.24, 2.45) is 11.8 Å². The van der Waals surface area contributed by atoms with Crippen molar-refractivity contribution in [2.45, 2.75) is 75.0 Å². The smallest absolute Gasteiger partial charge is 0.422 e. The number of piperidine rings is 1. The van der Waals surface area contributed by atoms with Gasteiger partial charge in [0.2, 0.25) is 0 Å². The number of nitrogens with zero attached hydrogens (tertiary/aromatic N) is 1. The molecule has 0 N–H and O–H groups in total. The Morgan fingerprint density at radius 1 is 1.10 bits per heavy atom. The van der Waals surface area contributed by atoms with Gasteiger partial charge in [0.1, 0.15) is 11.6 Å². The van der Waals surface area contributed by atoms with Crippen LogP contribution in [0.4, 0.5) is 22.4 Å². The molecule has 1 amide bonds. The quantitative estimate of drug-likeness (QED) is 0.562. The molecule has 5 rings (SSSR count). The molecule has 8 heteroatoms. The second-order valence-corrected chi connectivity index (χ2v) is 9.74. The van der Waals surface area contributed by atoms with E-state index in [1.807, 2.05) is 0 Å². The van der Waals surface area contributed by atoms with Crippen LogP contribution in [0.1, 0.15) is 56.9 Å². The minimum absolute atomic E-state index is 0.0231. The number of benzene rings is 1. The first-order valence-electron chi connectivity index (χ1n) is 11.2. The van der Waals surface area contributed by atoms with Crippen LogP contribution in [0, 0.1) is 17.7 Å². The molecule has 1 aromatic rings. The third-order valence-corrected chi connectivity index (χ3v) is 8.01. The number of halogens is 4. The molecule has 1 spiro atoms. The van der Waals surface area contributed by atoms with Gasteiger partial charge >= 0.3 is 12.3 Å². The summed E-state index contributed by atoms with van der Waals surface area (Å²) >= 11 is 0. The molecule has 170 valence electrons. The van der Waals surface area contributed by atoms with Crippen molar-refractivity contribution in [1.82, 2.24) is 4.90 Å². The highest BCUT2D eigenvalue weighted by atomic mass is 19.4. The van der Waals surface area contributed by atoms with Crippen molar-refractivity contribution < 1.29 is 31.8 Å². The summed E-state index contributed by atoms with van der Waals surface area (Å²) in [6.45, 7) is -0.923. The highest BCUT2D eigenvalue weighted by molar-refractivity contribution is 5.69. The monoisotopic (exact) mass is 441 g/mol. The summed E-state index contributed by atoms with van der Waals surface area (Å²) in [5, 5.41) is 0. The summed E-state index contributed by atoms with van der Waals surface area (Å²) in [5.74, 6) is 1.56. The number of rotatable bonds is 2. The van der Waals surface area contributed by atoms with E-state index in [9.17, 15) is 22.4 Å². The average Bonchev–Trinajstić information content (AvgIpc) is 3.20. The van der Waals surface area contributed by atoms with Gasteiger partial charge in [0.05, 0.1) is 6.61 Å². The number of hydrogen-bond acceptors (Lipinski definition) is 3. The second-order valence-electron chi connectivity index (χ2n) is 9.74. The fourth-order valence-electron chi connectivity index (χ4n) is 6.53. The Bertz CT molecular complexity index is 836. The molecule has 1 aromatic carbocycles. The number of fused-ring (bicyclic) bond motifs is 4. The standard InChI is InChI=1S/C23H27F4NO3/c24-16-1-4-20-19(11-16)22(12-30-20)7-5-14(6-8-22)15-9-17-2-3-18(10-15)28(17)21(29)31-13-23(25,26)27/h1,4,11,14-15,17-18H,2-3,5-10,12-13H2. The van der Waals surface area contributed by atoms with E-state index in [0.29, 0.717) is 18.4 Å². The van der Waals surface area contributed by atoms with Crippen LogP contribution in [0.3, 0.4) is 0 Å². The number of carbonyl (C=O) groups is 1. The van der Waals surface area contributed by atoms with Gasteiger partial charge in [0, 0.05) is 23.1 Å². The predicted octanol–water partition coefficient (Wildman–Crippen LogP) is 5.59. The van der Waals surface area contributed by atoms with Gasteiger partial charge in [-0.15, -0.1) is 0 Å². The summed E-state index contributed by atoms with van der Waals surface area (Å²) in [5.41, 5.74) is 0.892. The van der Waals surface area contributed by atoms with Crippen LogP contribution < -0.4 is 4.74 Å². The Kier molecular flexibility index (Phi) is 5.09. The Morgan fingerprint density at radius 3 is 2.42 bits per heavy atom. The molecular weight excluding hydrogens is 414 g/mol. The van der Waals surface area contributed by atoms with E-state index in [2.05, 4.69) is 4.74 Å². The molecule has 3 heterocycles. The molecule has 31 heavy (non-hydrogen) atoms. The molecule has 2 saturated heterocycles. The van der Waals surface area contributed by atoms with Crippen molar-refractivity contribution in [3.8, 4) is 5.75 Å². The fourth-order valence-corrected chi connectivity index (χ4v) is 6.53. The van der Waals surface area contributed by atoms with Crippen LogP contribution in [0.15, 0.2) is 18.2 Å². The summed E-state index contributed by atoms with van der Waals surface area (Å²) in [6.07, 6.45) is 1.97. The molecule has 1 aliphatic carbocycles. The zero-order chi connectivity index (χ0) is 21.8. The maximum absolute atomic E-state index is 13.8. The van der Waals surface area contributed by atoms with Gasteiger partial charge in [-0.05, 0) is 81.4 Å². The normalized spacial score (nSPS) is 34.5. The largest absolute Gasteiger partial charge is 0.492 e. The number of ether oxygens (including phenoxy) is 2. The molecule has 2 atom stereocenters. The maximum atomic E-state index is 13.8. The van der Waals surface area contributed by atoms with Gasteiger partial charge in [-0.3, -0.25) is 0 Å². The van der Waals surface area contributed by atoms with Crippen molar-refractivity contribution >= 4 is 6.09 Å². The van der Waals surface area contributed by atoms with E-state index < -0.39 is 18.9 Å². The lowest BCUT2D eigenvalue weighted by Gasteiger charge is -2.44. The fraction of sp³-hybridized carbons (Fsp3) is 0.696. The van der Waals surface area contributed by atoms with Crippen molar-refractivity contribution in [1.29, 1.82) is 0 Å². The minimum Gasteiger partial charge on any atom is -0.492 e. The zero-order valence-corrected chi connectivity index (χ0v) is 17.3. The zero-order valence-electron chi connectivity index (χ0n) is 17.3.